The molecule has 54 heavy (non-hydrogen) atoms. The summed E-state index contributed by atoms with van der Waals surface area (Å²) < 4.78 is 6.28. The Morgan fingerprint density at radius 3 is 1.54 bits per heavy atom. The molecule has 0 saturated heterocycles. The van der Waals surface area contributed by atoms with Crippen LogP contribution >= 0.6 is 0 Å². The van der Waals surface area contributed by atoms with Crippen LogP contribution in [0.4, 0.5) is 0 Å². The molecule has 4 heteroatoms. The zero-order chi connectivity index (χ0) is 35.8. The van der Waals surface area contributed by atoms with Crippen LogP contribution in [0.1, 0.15) is 5.56 Å². The zero-order valence-corrected chi connectivity index (χ0v) is 29.4. The van der Waals surface area contributed by atoms with E-state index in [9.17, 15) is 0 Å². The summed E-state index contributed by atoms with van der Waals surface area (Å²) in [6, 6.07) is 65.6. The monoisotopic (exact) mass is 691 g/mol. The summed E-state index contributed by atoms with van der Waals surface area (Å²) in [4.78, 5) is 15.6. The number of ether oxygens (including phenoxy) is 1. The topological polar surface area (TPSA) is 47.9 Å². The van der Waals surface area contributed by atoms with Gasteiger partial charge in [0.25, 0.3) is 0 Å². The van der Waals surface area contributed by atoms with Crippen LogP contribution in [0.25, 0.3) is 89.4 Å². The third-order valence-corrected chi connectivity index (χ3v) is 10.2. The van der Waals surface area contributed by atoms with Gasteiger partial charge in [0.1, 0.15) is 12.4 Å². The summed E-state index contributed by atoms with van der Waals surface area (Å²) in [6.45, 7) is 0.560. The third kappa shape index (κ3) is 5.80. The molecule has 0 atom stereocenters. The van der Waals surface area contributed by atoms with Crippen LogP contribution in [-0.4, -0.2) is 15.0 Å². The number of rotatable bonds is 6. The largest absolute Gasteiger partial charge is 0.488 e. The lowest BCUT2D eigenvalue weighted by Gasteiger charge is -2.24. The molecule has 1 aliphatic heterocycles. The van der Waals surface area contributed by atoms with Crippen LogP contribution in [0.5, 0.6) is 5.75 Å². The van der Waals surface area contributed by atoms with Crippen molar-refractivity contribution >= 4 is 10.8 Å². The maximum atomic E-state index is 6.28. The van der Waals surface area contributed by atoms with Gasteiger partial charge in [0.2, 0.25) is 0 Å². The van der Waals surface area contributed by atoms with Gasteiger partial charge in [0.05, 0.1) is 0 Å². The van der Waals surface area contributed by atoms with Crippen molar-refractivity contribution in [3.8, 4) is 84.4 Å². The lowest BCUT2D eigenvalue weighted by molar-refractivity contribution is 0.302. The van der Waals surface area contributed by atoms with Crippen molar-refractivity contribution in [2.75, 3.05) is 0 Å². The average molecular weight is 692 g/mol. The van der Waals surface area contributed by atoms with Gasteiger partial charge in [0, 0.05) is 22.3 Å². The van der Waals surface area contributed by atoms with E-state index in [1.807, 2.05) is 12.1 Å². The van der Waals surface area contributed by atoms with Gasteiger partial charge in [-0.1, -0.05) is 170 Å². The van der Waals surface area contributed by atoms with Gasteiger partial charge >= 0.3 is 0 Å². The molecule has 0 saturated carbocycles. The molecule has 0 spiro atoms. The zero-order valence-electron chi connectivity index (χ0n) is 29.4. The van der Waals surface area contributed by atoms with Gasteiger partial charge in [0.15, 0.2) is 17.5 Å². The number of benzene rings is 8. The number of hydrogen-bond donors (Lipinski definition) is 0. The lowest BCUT2D eigenvalue weighted by Crippen LogP contribution is -2.06. The van der Waals surface area contributed by atoms with Gasteiger partial charge in [-0.3, -0.25) is 0 Å². The summed E-state index contributed by atoms with van der Waals surface area (Å²) in [7, 11) is 0. The van der Waals surface area contributed by atoms with Gasteiger partial charge < -0.3 is 4.74 Å². The molecule has 0 radical (unpaired) electrons. The highest BCUT2D eigenvalue weighted by atomic mass is 16.5. The van der Waals surface area contributed by atoms with E-state index in [0.717, 1.165) is 61.0 Å². The van der Waals surface area contributed by atoms with E-state index in [4.69, 9.17) is 19.7 Å². The second-order valence-electron chi connectivity index (χ2n) is 13.6. The SMILES string of the molecule is c1ccc(-c2ccc(-c3nc(-c4ccc(-c5ccccc5)cc4)nc(-c4cc(-c5cccc6c5-c5ccccc5CO6)cc5ccccc45)n3)cc2)cc1. The summed E-state index contributed by atoms with van der Waals surface area (Å²) in [5, 5.41) is 2.18. The Morgan fingerprint density at radius 1 is 0.352 bits per heavy atom. The molecular weight excluding hydrogens is 659 g/mol. The van der Waals surface area contributed by atoms with Gasteiger partial charge in [-0.05, 0) is 73.5 Å². The lowest BCUT2D eigenvalue weighted by atomic mass is 9.88. The predicted octanol–water partition coefficient (Wildman–Crippen LogP) is 12.6. The normalized spacial score (nSPS) is 11.8. The van der Waals surface area contributed by atoms with E-state index in [0.29, 0.717) is 24.1 Å². The molecule has 0 bridgehead atoms. The fourth-order valence-electron chi connectivity index (χ4n) is 7.51. The maximum absolute atomic E-state index is 6.28. The highest BCUT2D eigenvalue weighted by Crippen LogP contribution is 2.45. The second kappa shape index (κ2) is 13.4. The van der Waals surface area contributed by atoms with Crippen molar-refractivity contribution in [2.45, 2.75) is 6.61 Å². The number of hydrogen-bond acceptors (Lipinski definition) is 4. The van der Waals surface area contributed by atoms with Crippen molar-refractivity contribution in [1.29, 1.82) is 0 Å². The molecule has 4 nitrogen and oxygen atoms in total. The van der Waals surface area contributed by atoms with E-state index < -0.39 is 0 Å². The Hall–Kier alpha value is -7.17. The summed E-state index contributed by atoms with van der Waals surface area (Å²) >= 11 is 0. The Balaban J connectivity index is 1.16. The predicted molar refractivity (Wildman–Crippen MR) is 220 cm³/mol. The highest BCUT2D eigenvalue weighted by molar-refractivity contribution is 6.01. The average Bonchev–Trinajstić information content (AvgIpc) is 3.26. The fraction of sp³-hybridized carbons (Fsp3) is 0.0200. The molecule has 1 aliphatic rings. The fourth-order valence-corrected chi connectivity index (χ4v) is 7.51. The van der Waals surface area contributed by atoms with E-state index >= 15 is 0 Å². The number of nitrogens with zero attached hydrogens (tertiary/aromatic N) is 3. The first-order valence-electron chi connectivity index (χ1n) is 18.2. The Labute approximate surface area is 314 Å². The minimum absolute atomic E-state index is 0.560. The molecule has 254 valence electrons. The Morgan fingerprint density at radius 2 is 0.870 bits per heavy atom. The molecular formula is C50H33N3O. The van der Waals surface area contributed by atoms with Crippen molar-refractivity contribution in [2.24, 2.45) is 0 Å². The molecule has 9 aromatic rings. The van der Waals surface area contributed by atoms with Crippen LogP contribution in [0.2, 0.25) is 0 Å². The highest BCUT2D eigenvalue weighted by Gasteiger charge is 2.22. The molecule has 0 aliphatic carbocycles. The van der Waals surface area contributed by atoms with Crippen LogP contribution in [-0.2, 0) is 6.61 Å². The Bertz CT molecular complexity index is 2690. The van der Waals surface area contributed by atoms with Crippen LogP contribution in [0, 0.1) is 0 Å². The molecule has 8 aromatic carbocycles. The molecule has 10 rings (SSSR count). The van der Waals surface area contributed by atoms with Crippen molar-refractivity contribution in [3.63, 3.8) is 0 Å². The van der Waals surface area contributed by atoms with Crippen LogP contribution in [0.3, 0.4) is 0 Å². The minimum Gasteiger partial charge on any atom is -0.488 e. The maximum Gasteiger partial charge on any atom is 0.164 e. The smallest absolute Gasteiger partial charge is 0.164 e. The summed E-state index contributed by atoms with van der Waals surface area (Å²) in [5.74, 6) is 2.75. The quantitative estimate of drug-likeness (QED) is 0.174. The molecule has 0 unspecified atom stereocenters. The second-order valence-corrected chi connectivity index (χ2v) is 13.6. The minimum atomic E-state index is 0.560. The first-order valence-corrected chi connectivity index (χ1v) is 18.2. The molecule has 0 fully saturated rings. The molecule has 1 aromatic heterocycles. The third-order valence-electron chi connectivity index (χ3n) is 10.2. The molecule has 0 N–H and O–H groups in total. The summed E-state index contributed by atoms with van der Waals surface area (Å²) in [6.07, 6.45) is 0. The van der Waals surface area contributed by atoms with Crippen LogP contribution in [0.15, 0.2) is 188 Å². The first kappa shape index (κ1) is 31.6. The standard InChI is InChI=1S/C50H33N3O/c1-3-12-33(13-4-1)35-22-26-37(27-23-35)48-51-49(38-28-24-36(25-29-38)34-14-5-2-6-15-34)53-50(52-48)45-31-41(30-39-16-7-9-18-42(39)45)44-20-11-21-46-47(44)43-19-10-8-17-40(43)32-54-46/h1-31H,32H2. The van der Waals surface area contributed by atoms with Crippen LogP contribution < -0.4 is 4.74 Å². The number of aromatic nitrogens is 3. The van der Waals surface area contributed by atoms with E-state index in [2.05, 4.69) is 176 Å². The molecule has 2 heterocycles. The molecule has 0 amide bonds. The van der Waals surface area contributed by atoms with Crippen molar-refractivity contribution < 1.29 is 4.74 Å². The van der Waals surface area contributed by atoms with E-state index in [1.54, 1.807) is 0 Å². The van der Waals surface area contributed by atoms with E-state index in [1.165, 1.54) is 22.3 Å². The van der Waals surface area contributed by atoms with Gasteiger partial charge in [-0.2, -0.15) is 0 Å². The first-order chi connectivity index (χ1) is 26.7. The van der Waals surface area contributed by atoms with Gasteiger partial charge in [-0.25, -0.2) is 15.0 Å². The van der Waals surface area contributed by atoms with Crippen molar-refractivity contribution in [1.82, 2.24) is 15.0 Å². The van der Waals surface area contributed by atoms with Crippen molar-refractivity contribution in [3.05, 3.63) is 194 Å². The Kier molecular flexibility index (Phi) is 7.85. The number of fused-ring (bicyclic) bond motifs is 4. The van der Waals surface area contributed by atoms with Gasteiger partial charge in [-0.15, -0.1) is 0 Å². The summed E-state index contributed by atoms with van der Waals surface area (Å²) in [5.41, 5.74) is 13.1. The van der Waals surface area contributed by atoms with E-state index in [-0.39, 0.29) is 0 Å².